The second kappa shape index (κ2) is 5.11. The number of carbonyl (C=O) groups is 1. The summed E-state index contributed by atoms with van der Waals surface area (Å²) in [4.78, 5) is 25.3. The summed E-state index contributed by atoms with van der Waals surface area (Å²) in [7, 11) is -2.65. The predicted molar refractivity (Wildman–Crippen MR) is 93.0 cm³/mol. The number of rotatable bonds is 1. The monoisotopic (exact) mass is 356 g/mol. The summed E-state index contributed by atoms with van der Waals surface area (Å²) in [6, 6.07) is 12.7. The van der Waals surface area contributed by atoms with Crippen molar-refractivity contribution in [3.63, 3.8) is 0 Å². The van der Waals surface area contributed by atoms with Gasteiger partial charge >= 0.3 is 10.0 Å². The quantitative estimate of drug-likeness (QED) is 0.625. The molecule has 1 unspecified atom stereocenters. The van der Waals surface area contributed by atoms with Crippen LogP contribution in [0.1, 0.15) is 10.4 Å². The first-order chi connectivity index (χ1) is 11.9. The van der Waals surface area contributed by atoms with Crippen molar-refractivity contribution < 1.29 is 17.6 Å². The first-order valence-electron chi connectivity index (χ1n) is 7.60. The molecule has 0 fully saturated rings. The van der Waals surface area contributed by atoms with Gasteiger partial charge in [0.1, 0.15) is 10.5 Å². The summed E-state index contributed by atoms with van der Waals surface area (Å²) >= 11 is 0. The maximum absolute atomic E-state index is 13.2. The van der Waals surface area contributed by atoms with Gasteiger partial charge < -0.3 is 4.42 Å². The SMILES string of the molecule is C[N+]1(c2coc3ccccc3c2=O)CC(=O)c2ccccc2S1(=O)=O. The van der Waals surface area contributed by atoms with Gasteiger partial charge in [-0.05, 0) is 24.3 Å². The van der Waals surface area contributed by atoms with E-state index >= 15 is 0 Å². The number of carbonyl (C=O) groups excluding carboxylic acids is 1. The highest BCUT2D eigenvalue weighted by Crippen LogP contribution is 2.35. The van der Waals surface area contributed by atoms with Gasteiger partial charge in [0.15, 0.2) is 12.8 Å². The summed E-state index contributed by atoms with van der Waals surface area (Å²) in [6.07, 6.45) is 1.14. The summed E-state index contributed by atoms with van der Waals surface area (Å²) in [6.45, 7) is -0.359. The van der Waals surface area contributed by atoms with E-state index in [0.29, 0.717) is 5.58 Å². The molecule has 126 valence electrons. The molecule has 25 heavy (non-hydrogen) atoms. The first-order valence-corrected chi connectivity index (χ1v) is 9.04. The molecule has 1 aromatic heterocycles. The molecule has 0 saturated carbocycles. The molecule has 2 aromatic carbocycles. The van der Waals surface area contributed by atoms with Crippen LogP contribution in [0.25, 0.3) is 11.0 Å². The van der Waals surface area contributed by atoms with E-state index in [2.05, 4.69) is 0 Å². The lowest BCUT2D eigenvalue weighted by Gasteiger charge is -2.34. The molecule has 1 aliphatic rings. The fraction of sp³-hybridized carbons (Fsp3) is 0.111. The molecule has 1 atom stereocenters. The molecule has 2 heterocycles. The second-order valence-corrected chi connectivity index (χ2v) is 8.30. The summed E-state index contributed by atoms with van der Waals surface area (Å²) in [5, 5.41) is 0.279. The van der Waals surface area contributed by atoms with Crippen molar-refractivity contribution in [2.75, 3.05) is 13.6 Å². The summed E-state index contributed by atoms with van der Waals surface area (Å²) < 4.78 is 31.0. The number of hydrogen-bond acceptors (Lipinski definition) is 5. The molecule has 1 aliphatic heterocycles. The number of hydrogen-bond donors (Lipinski definition) is 0. The van der Waals surface area contributed by atoms with E-state index in [1.807, 2.05) is 0 Å². The molecule has 0 amide bonds. The van der Waals surface area contributed by atoms with Crippen LogP contribution in [0.2, 0.25) is 0 Å². The van der Waals surface area contributed by atoms with Crippen molar-refractivity contribution in [1.82, 2.24) is 3.89 Å². The normalized spacial score (nSPS) is 21.9. The zero-order valence-electron chi connectivity index (χ0n) is 13.3. The van der Waals surface area contributed by atoms with Crippen LogP contribution in [-0.2, 0) is 10.0 Å². The zero-order valence-corrected chi connectivity index (χ0v) is 14.1. The van der Waals surface area contributed by atoms with Crippen molar-refractivity contribution in [3.8, 4) is 0 Å². The van der Waals surface area contributed by atoms with Gasteiger partial charge in [-0.25, -0.2) is 0 Å². The van der Waals surface area contributed by atoms with Crippen LogP contribution in [0.15, 0.2) is 68.9 Å². The maximum atomic E-state index is 13.2. The first kappa shape index (κ1) is 15.7. The number of para-hydroxylation sites is 1. The summed E-state index contributed by atoms with van der Waals surface area (Å²) in [5.74, 6) is -0.333. The highest BCUT2D eigenvalue weighted by Gasteiger charge is 2.51. The van der Waals surface area contributed by atoms with Crippen LogP contribution >= 0.6 is 0 Å². The molecule has 0 spiro atoms. The minimum atomic E-state index is -4.00. The standard InChI is InChI=1S/C18H14NO5S/c1-19(14-11-24-16-8-4-2-7-13(16)18(14)21)10-15(20)12-6-3-5-9-17(12)25(19,22)23/h2-9,11H,10H2,1H3/q+1. The molecule has 4 rings (SSSR count). The Hall–Kier alpha value is -2.77. The molecule has 0 aliphatic carbocycles. The predicted octanol–water partition coefficient (Wildman–Crippen LogP) is 2.32. The van der Waals surface area contributed by atoms with E-state index in [1.165, 1.54) is 19.2 Å². The van der Waals surface area contributed by atoms with E-state index in [9.17, 15) is 18.0 Å². The lowest BCUT2D eigenvalue weighted by atomic mass is 10.1. The topological polar surface area (TPSA) is 81.4 Å². The fourth-order valence-corrected chi connectivity index (χ4v) is 5.01. The van der Waals surface area contributed by atoms with Crippen molar-refractivity contribution in [2.45, 2.75) is 4.90 Å². The van der Waals surface area contributed by atoms with E-state index < -0.39 is 19.3 Å². The second-order valence-electron chi connectivity index (χ2n) is 6.10. The van der Waals surface area contributed by atoms with E-state index in [0.717, 1.165) is 6.26 Å². The third kappa shape index (κ3) is 2.03. The molecule has 7 heteroatoms. The Morgan fingerprint density at radius 2 is 1.68 bits per heavy atom. The van der Waals surface area contributed by atoms with Gasteiger partial charge in [0.05, 0.1) is 12.4 Å². The smallest absolute Gasteiger partial charge is 0.333 e. The largest absolute Gasteiger partial charge is 0.458 e. The number of quaternary nitrogens is 1. The Labute approximate surface area is 143 Å². The Bertz CT molecular complexity index is 1200. The number of ketones is 1. The minimum absolute atomic E-state index is 0.0682. The lowest BCUT2D eigenvalue weighted by Crippen LogP contribution is -2.58. The maximum Gasteiger partial charge on any atom is 0.333 e. The van der Waals surface area contributed by atoms with Crippen LogP contribution < -0.4 is 9.32 Å². The third-order valence-electron chi connectivity index (χ3n) is 4.61. The molecule has 0 saturated heterocycles. The third-order valence-corrected chi connectivity index (χ3v) is 6.91. The van der Waals surface area contributed by atoms with Gasteiger partial charge in [-0.2, -0.15) is 12.3 Å². The van der Waals surface area contributed by atoms with Crippen molar-refractivity contribution in [2.24, 2.45) is 0 Å². The number of nitrogens with zero attached hydrogens (tertiary/aromatic N) is 1. The van der Waals surface area contributed by atoms with Gasteiger partial charge in [0.25, 0.3) is 5.43 Å². The van der Waals surface area contributed by atoms with Crippen molar-refractivity contribution >= 4 is 32.5 Å². The van der Waals surface area contributed by atoms with E-state index in [4.69, 9.17) is 4.42 Å². The minimum Gasteiger partial charge on any atom is -0.458 e. The van der Waals surface area contributed by atoms with Gasteiger partial charge in [0.2, 0.25) is 11.5 Å². The van der Waals surface area contributed by atoms with Crippen LogP contribution in [0.3, 0.4) is 0 Å². The van der Waals surface area contributed by atoms with E-state index in [-0.39, 0.29) is 33.9 Å². The Balaban J connectivity index is 2.05. The molecule has 0 radical (unpaired) electrons. The molecule has 3 aromatic rings. The number of fused-ring (bicyclic) bond motifs is 2. The van der Waals surface area contributed by atoms with Crippen molar-refractivity contribution in [1.29, 1.82) is 0 Å². The zero-order chi connectivity index (χ0) is 17.8. The van der Waals surface area contributed by atoms with Gasteiger partial charge in [-0.3, -0.25) is 9.59 Å². The number of sulfonamides is 1. The van der Waals surface area contributed by atoms with Crippen LogP contribution in [0.4, 0.5) is 5.69 Å². The number of Topliss-reactive ketones (excluding diaryl/α,β-unsaturated/α-hetero) is 1. The molecular weight excluding hydrogens is 342 g/mol. The highest BCUT2D eigenvalue weighted by molar-refractivity contribution is 7.91. The average Bonchev–Trinajstić information content (AvgIpc) is 2.61. The lowest BCUT2D eigenvalue weighted by molar-refractivity contribution is 0.0964. The molecule has 0 N–H and O–H groups in total. The van der Waals surface area contributed by atoms with Gasteiger partial charge in [0, 0.05) is 5.56 Å². The van der Waals surface area contributed by atoms with Crippen LogP contribution in [0.5, 0.6) is 0 Å². The summed E-state index contributed by atoms with van der Waals surface area (Å²) in [5.41, 5.74) is -0.0195. The van der Waals surface area contributed by atoms with Gasteiger partial charge in [-0.1, -0.05) is 24.3 Å². The van der Waals surface area contributed by atoms with Crippen molar-refractivity contribution in [3.05, 3.63) is 70.6 Å². The molecular formula is C18H14NO5S+. The Morgan fingerprint density at radius 3 is 2.48 bits per heavy atom. The van der Waals surface area contributed by atoms with Gasteiger partial charge in [-0.15, -0.1) is 0 Å². The molecule has 0 bridgehead atoms. The number of likely N-dealkylation sites (N-methyl/N-ethyl adjacent to an activating group) is 1. The fourth-order valence-electron chi connectivity index (χ4n) is 3.19. The highest BCUT2D eigenvalue weighted by atomic mass is 32.2. The molecule has 6 nitrogen and oxygen atoms in total. The Kier molecular flexibility index (Phi) is 3.22. The van der Waals surface area contributed by atoms with E-state index in [1.54, 1.807) is 36.4 Å². The van der Waals surface area contributed by atoms with Crippen LogP contribution in [-0.4, -0.2) is 27.8 Å². The average molecular weight is 356 g/mol. The van der Waals surface area contributed by atoms with Crippen LogP contribution in [0, 0.1) is 0 Å². The number of benzene rings is 2. The Morgan fingerprint density at radius 1 is 1.00 bits per heavy atom.